The lowest BCUT2D eigenvalue weighted by Crippen LogP contribution is -2.44. The van der Waals surface area contributed by atoms with Gasteiger partial charge in [0.05, 0.1) is 17.9 Å². The van der Waals surface area contributed by atoms with Crippen LogP contribution in [-0.4, -0.2) is 26.6 Å². The van der Waals surface area contributed by atoms with Crippen LogP contribution in [0.3, 0.4) is 0 Å². The van der Waals surface area contributed by atoms with Gasteiger partial charge in [-0.3, -0.25) is 19.3 Å². The average Bonchev–Trinajstić information content (AvgIpc) is 3.61. The van der Waals surface area contributed by atoms with Gasteiger partial charge < -0.3 is 15.4 Å². The first kappa shape index (κ1) is 24.2. The maximum absolute atomic E-state index is 15.3. The summed E-state index contributed by atoms with van der Waals surface area (Å²) in [6.07, 6.45) is 5.83. The Labute approximate surface area is 213 Å². The molecule has 0 unspecified atom stereocenters. The number of nitrogens with zero attached hydrogens (tertiary/aromatic N) is 4. The number of pyridine rings is 1. The number of anilines is 1. The van der Waals surface area contributed by atoms with Gasteiger partial charge in [-0.15, -0.1) is 0 Å². The second-order valence-electron chi connectivity index (χ2n) is 9.20. The summed E-state index contributed by atoms with van der Waals surface area (Å²) in [5, 5.41) is 4.14. The lowest BCUT2D eigenvalue weighted by Gasteiger charge is -2.32. The van der Waals surface area contributed by atoms with Crippen molar-refractivity contribution in [1.29, 1.82) is 0 Å². The minimum Gasteiger partial charge on any atom is -0.454 e. The fraction of sp³-hybridized carbons (Fsp3) is 0.214. The normalized spacial score (nSPS) is 14.6. The number of ether oxygens (including phenoxy) is 1. The summed E-state index contributed by atoms with van der Waals surface area (Å²) < 4.78 is 22.8. The maximum Gasteiger partial charge on any atom is 0.243 e. The SMILES string of the molecule is C[C@H](c1ccccc1)N(C(=O)C1(C(N)=O)CC1)c1ccc(Oc2ccnc(-c3cnn(C)c3)c2)c(F)c1. The number of benzene rings is 2. The molecule has 1 aliphatic carbocycles. The van der Waals surface area contributed by atoms with E-state index in [1.807, 2.05) is 50.5 Å². The third kappa shape index (κ3) is 4.67. The van der Waals surface area contributed by atoms with Gasteiger partial charge in [-0.1, -0.05) is 30.3 Å². The van der Waals surface area contributed by atoms with Crippen molar-refractivity contribution in [2.24, 2.45) is 18.2 Å². The summed E-state index contributed by atoms with van der Waals surface area (Å²) in [4.78, 5) is 31.5. The molecule has 1 fully saturated rings. The smallest absolute Gasteiger partial charge is 0.243 e. The molecule has 0 saturated heterocycles. The van der Waals surface area contributed by atoms with Gasteiger partial charge in [0.1, 0.15) is 11.2 Å². The van der Waals surface area contributed by atoms with Crippen molar-refractivity contribution in [3.8, 4) is 22.8 Å². The highest BCUT2D eigenvalue weighted by molar-refractivity contribution is 6.13. The Balaban J connectivity index is 1.46. The molecule has 2 heterocycles. The zero-order chi connectivity index (χ0) is 26.2. The highest BCUT2D eigenvalue weighted by Gasteiger charge is 2.57. The largest absolute Gasteiger partial charge is 0.454 e. The standard InChI is InChI=1S/C28H26FN5O3/c1-18(19-6-4-3-5-7-19)34(27(36)28(11-12-28)26(30)35)21-8-9-25(23(29)14-21)37-22-10-13-31-24(15-22)20-16-32-33(2)17-20/h3-10,13-18H,11-12H2,1-2H3,(H2,30,35)/t18-/m1/s1. The number of aryl methyl sites for hydroxylation is 1. The third-order valence-corrected chi connectivity index (χ3v) is 6.67. The summed E-state index contributed by atoms with van der Waals surface area (Å²) in [5.41, 5.74) is 6.93. The van der Waals surface area contributed by atoms with Crippen LogP contribution in [0.4, 0.5) is 10.1 Å². The highest BCUT2D eigenvalue weighted by atomic mass is 19.1. The van der Waals surface area contributed by atoms with Gasteiger partial charge in [0, 0.05) is 42.8 Å². The zero-order valence-corrected chi connectivity index (χ0v) is 20.5. The second-order valence-corrected chi connectivity index (χ2v) is 9.20. The fourth-order valence-corrected chi connectivity index (χ4v) is 4.35. The number of halogens is 1. The van der Waals surface area contributed by atoms with Crippen molar-refractivity contribution in [2.75, 3.05) is 4.90 Å². The summed E-state index contributed by atoms with van der Waals surface area (Å²) in [6, 6.07) is 16.5. The topological polar surface area (TPSA) is 103 Å². The van der Waals surface area contributed by atoms with E-state index in [1.54, 1.807) is 35.3 Å². The van der Waals surface area contributed by atoms with Crippen molar-refractivity contribution in [3.63, 3.8) is 0 Å². The van der Waals surface area contributed by atoms with Gasteiger partial charge in [-0.05, 0) is 43.5 Å². The molecule has 1 aliphatic rings. The molecule has 5 rings (SSSR count). The van der Waals surface area contributed by atoms with Crippen LogP contribution in [0.1, 0.15) is 31.4 Å². The molecule has 8 nitrogen and oxygen atoms in total. The maximum atomic E-state index is 15.3. The van der Waals surface area contributed by atoms with E-state index in [0.29, 0.717) is 30.0 Å². The van der Waals surface area contributed by atoms with Crippen LogP contribution in [0, 0.1) is 11.2 Å². The lowest BCUT2D eigenvalue weighted by molar-refractivity contribution is -0.134. The molecule has 1 atom stereocenters. The molecule has 0 radical (unpaired) electrons. The van der Waals surface area contributed by atoms with Crippen molar-refractivity contribution >= 4 is 17.5 Å². The zero-order valence-electron chi connectivity index (χ0n) is 20.5. The predicted octanol–water partition coefficient (Wildman–Crippen LogP) is 4.77. The Morgan fingerprint density at radius 3 is 2.51 bits per heavy atom. The minimum atomic E-state index is -1.26. The number of nitrogens with two attached hydrogens (primary N) is 1. The molecule has 0 spiro atoms. The van der Waals surface area contributed by atoms with Crippen LogP contribution in [0.5, 0.6) is 11.5 Å². The number of primary amides is 1. The first-order valence-corrected chi connectivity index (χ1v) is 11.9. The third-order valence-electron chi connectivity index (χ3n) is 6.67. The first-order valence-electron chi connectivity index (χ1n) is 11.9. The van der Waals surface area contributed by atoms with Crippen molar-refractivity contribution < 1.29 is 18.7 Å². The van der Waals surface area contributed by atoms with Crippen LogP contribution in [0.25, 0.3) is 11.3 Å². The van der Waals surface area contributed by atoms with E-state index < -0.39 is 29.1 Å². The van der Waals surface area contributed by atoms with E-state index >= 15 is 4.39 Å². The van der Waals surface area contributed by atoms with Crippen LogP contribution < -0.4 is 15.4 Å². The number of amides is 2. The van der Waals surface area contributed by atoms with E-state index in [0.717, 1.165) is 11.1 Å². The molecular formula is C28H26FN5O3. The van der Waals surface area contributed by atoms with Crippen molar-refractivity contribution in [1.82, 2.24) is 14.8 Å². The Hall–Kier alpha value is -4.53. The molecule has 0 aliphatic heterocycles. The van der Waals surface area contributed by atoms with Gasteiger partial charge in [0.2, 0.25) is 11.8 Å². The number of carbonyl (C=O) groups excluding carboxylic acids is 2. The molecule has 9 heteroatoms. The van der Waals surface area contributed by atoms with E-state index in [2.05, 4.69) is 10.1 Å². The second kappa shape index (κ2) is 9.50. The molecule has 4 aromatic rings. The molecule has 2 amide bonds. The Kier molecular flexibility index (Phi) is 6.20. The quantitative estimate of drug-likeness (QED) is 0.352. The average molecular weight is 500 g/mol. The van der Waals surface area contributed by atoms with Crippen LogP contribution in [0.15, 0.2) is 79.3 Å². The van der Waals surface area contributed by atoms with Crippen LogP contribution in [-0.2, 0) is 16.6 Å². The van der Waals surface area contributed by atoms with Crippen molar-refractivity contribution in [2.45, 2.75) is 25.8 Å². The molecule has 0 bridgehead atoms. The number of carbonyl (C=O) groups is 2. The van der Waals surface area contributed by atoms with Gasteiger partial charge in [0.25, 0.3) is 0 Å². The van der Waals surface area contributed by atoms with Gasteiger partial charge in [-0.25, -0.2) is 4.39 Å². The number of hydrogen-bond acceptors (Lipinski definition) is 5. The minimum absolute atomic E-state index is 0.0112. The van der Waals surface area contributed by atoms with E-state index in [9.17, 15) is 9.59 Å². The first-order chi connectivity index (χ1) is 17.8. The summed E-state index contributed by atoms with van der Waals surface area (Å²) in [5.74, 6) is -1.36. The Morgan fingerprint density at radius 2 is 1.89 bits per heavy atom. The summed E-state index contributed by atoms with van der Waals surface area (Å²) in [7, 11) is 1.81. The Morgan fingerprint density at radius 1 is 1.14 bits per heavy atom. The number of aromatic nitrogens is 3. The molecule has 2 N–H and O–H groups in total. The van der Waals surface area contributed by atoms with E-state index in [-0.39, 0.29) is 5.75 Å². The molecule has 37 heavy (non-hydrogen) atoms. The lowest BCUT2D eigenvalue weighted by atomic mass is 9.99. The van der Waals surface area contributed by atoms with Crippen LogP contribution >= 0.6 is 0 Å². The van der Waals surface area contributed by atoms with Gasteiger partial charge in [0.15, 0.2) is 11.6 Å². The molecule has 2 aromatic carbocycles. The number of rotatable bonds is 8. The molecule has 2 aromatic heterocycles. The highest BCUT2D eigenvalue weighted by Crippen LogP contribution is 2.49. The monoisotopic (exact) mass is 499 g/mol. The predicted molar refractivity (Wildman–Crippen MR) is 136 cm³/mol. The Bertz CT molecular complexity index is 1470. The van der Waals surface area contributed by atoms with Crippen LogP contribution in [0.2, 0.25) is 0 Å². The summed E-state index contributed by atoms with van der Waals surface area (Å²) in [6.45, 7) is 1.84. The van der Waals surface area contributed by atoms with Gasteiger partial charge >= 0.3 is 0 Å². The molecule has 188 valence electrons. The van der Waals surface area contributed by atoms with E-state index in [4.69, 9.17) is 10.5 Å². The number of hydrogen-bond donors (Lipinski definition) is 1. The molecule has 1 saturated carbocycles. The summed E-state index contributed by atoms with van der Waals surface area (Å²) >= 11 is 0. The van der Waals surface area contributed by atoms with Crippen molar-refractivity contribution in [3.05, 3.63) is 90.6 Å². The fourth-order valence-electron chi connectivity index (χ4n) is 4.35. The molecular weight excluding hydrogens is 473 g/mol. The van der Waals surface area contributed by atoms with Gasteiger partial charge in [-0.2, -0.15) is 5.10 Å². The van der Waals surface area contributed by atoms with E-state index in [1.165, 1.54) is 17.0 Å².